The zero-order valence-electron chi connectivity index (χ0n) is 14.4. The molecule has 0 aliphatic carbocycles. The predicted octanol–water partition coefficient (Wildman–Crippen LogP) is 3.67. The van der Waals surface area contributed by atoms with E-state index >= 15 is 0 Å². The Hall–Kier alpha value is -3.22. The van der Waals surface area contributed by atoms with Gasteiger partial charge in [0.15, 0.2) is 0 Å². The van der Waals surface area contributed by atoms with Gasteiger partial charge in [0.1, 0.15) is 0 Å². The highest BCUT2D eigenvalue weighted by molar-refractivity contribution is 6.04. The molecular formula is C19H19N3O4. The Morgan fingerprint density at radius 3 is 2.50 bits per heavy atom. The van der Waals surface area contributed by atoms with Crippen LogP contribution < -0.4 is 10.2 Å². The van der Waals surface area contributed by atoms with Gasteiger partial charge in [-0.05, 0) is 55.7 Å². The summed E-state index contributed by atoms with van der Waals surface area (Å²) in [6.45, 7) is 2.62. The number of nitro benzene ring substituents is 1. The molecule has 7 heteroatoms. The number of nitro groups is 1. The molecular weight excluding hydrogens is 334 g/mol. The second-order valence-corrected chi connectivity index (χ2v) is 6.26. The molecule has 0 unspecified atom stereocenters. The molecule has 0 atom stereocenters. The van der Waals surface area contributed by atoms with E-state index in [1.165, 1.54) is 24.3 Å². The molecule has 1 aliphatic rings. The van der Waals surface area contributed by atoms with Crippen molar-refractivity contribution < 1.29 is 14.5 Å². The fourth-order valence-corrected chi connectivity index (χ4v) is 3.03. The van der Waals surface area contributed by atoms with Gasteiger partial charge in [-0.25, -0.2) is 0 Å². The van der Waals surface area contributed by atoms with Crippen LogP contribution in [0.15, 0.2) is 42.5 Å². The summed E-state index contributed by atoms with van der Waals surface area (Å²) >= 11 is 0. The Bertz CT molecular complexity index is 862. The third-order valence-corrected chi connectivity index (χ3v) is 4.41. The molecule has 2 amide bonds. The minimum absolute atomic E-state index is 0.0621. The van der Waals surface area contributed by atoms with Crippen LogP contribution in [0.1, 0.15) is 35.2 Å². The summed E-state index contributed by atoms with van der Waals surface area (Å²) in [5.41, 5.74) is 2.65. The molecule has 1 N–H and O–H groups in total. The van der Waals surface area contributed by atoms with Crippen LogP contribution in [0.4, 0.5) is 17.1 Å². The average Bonchev–Trinajstić information content (AvgIpc) is 2.63. The number of rotatable bonds is 4. The molecule has 134 valence electrons. The number of carbonyl (C=O) groups excluding carboxylic acids is 2. The molecule has 2 aromatic rings. The summed E-state index contributed by atoms with van der Waals surface area (Å²) in [6, 6.07) is 10.8. The van der Waals surface area contributed by atoms with Gasteiger partial charge in [0.05, 0.1) is 4.92 Å². The minimum atomic E-state index is -0.508. The highest BCUT2D eigenvalue weighted by Gasteiger charge is 2.21. The lowest BCUT2D eigenvalue weighted by atomic mass is 10.1. The fourth-order valence-electron chi connectivity index (χ4n) is 3.03. The van der Waals surface area contributed by atoms with Gasteiger partial charge in [-0.15, -0.1) is 0 Å². The van der Waals surface area contributed by atoms with E-state index in [1.807, 2.05) is 19.1 Å². The van der Waals surface area contributed by atoms with Gasteiger partial charge in [0, 0.05) is 42.0 Å². The van der Waals surface area contributed by atoms with E-state index < -0.39 is 4.92 Å². The number of hydrogen-bond donors (Lipinski definition) is 1. The van der Waals surface area contributed by atoms with Gasteiger partial charge in [-0.3, -0.25) is 19.7 Å². The van der Waals surface area contributed by atoms with Crippen LogP contribution in [-0.2, 0) is 4.79 Å². The normalized spacial score (nSPS) is 14.2. The summed E-state index contributed by atoms with van der Waals surface area (Å²) < 4.78 is 0. The van der Waals surface area contributed by atoms with Crippen LogP contribution >= 0.6 is 0 Å². The maximum absolute atomic E-state index is 12.3. The summed E-state index contributed by atoms with van der Waals surface area (Å²) in [5.74, 6) is -0.219. The first-order chi connectivity index (χ1) is 12.5. The fraction of sp³-hybridized carbons (Fsp3) is 0.263. The quantitative estimate of drug-likeness (QED) is 0.670. The molecule has 0 radical (unpaired) electrons. The lowest BCUT2D eigenvalue weighted by Crippen LogP contribution is -2.35. The molecule has 0 spiro atoms. The van der Waals surface area contributed by atoms with Crippen LogP contribution in [0.5, 0.6) is 0 Å². The topological polar surface area (TPSA) is 92.5 Å². The molecule has 1 fully saturated rings. The van der Waals surface area contributed by atoms with E-state index in [4.69, 9.17) is 0 Å². The third-order valence-electron chi connectivity index (χ3n) is 4.41. The van der Waals surface area contributed by atoms with Crippen molar-refractivity contribution in [3.8, 4) is 0 Å². The standard InChI is InChI=1S/C19H19N3O4/c1-13-12-15(7-10-17(13)21-11-3-2-4-18(21)23)20-19(24)14-5-8-16(9-6-14)22(25)26/h5-10,12H,2-4,11H2,1H3,(H,20,24). The third kappa shape index (κ3) is 3.72. The van der Waals surface area contributed by atoms with Gasteiger partial charge >= 0.3 is 0 Å². The number of carbonyl (C=O) groups is 2. The number of nitrogens with one attached hydrogen (secondary N) is 1. The van der Waals surface area contributed by atoms with Crippen molar-refractivity contribution in [3.63, 3.8) is 0 Å². The second kappa shape index (κ2) is 7.35. The highest BCUT2D eigenvalue weighted by Crippen LogP contribution is 2.27. The van der Waals surface area contributed by atoms with Crippen LogP contribution in [0, 0.1) is 17.0 Å². The van der Waals surface area contributed by atoms with E-state index in [2.05, 4.69) is 5.32 Å². The molecule has 26 heavy (non-hydrogen) atoms. The van der Waals surface area contributed by atoms with Gasteiger partial charge in [0.2, 0.25) is 5.91 Å². The SMILES string of the molecule is Cc1cc(NC(=O)c2ccc([N+](=O)[O-])cc2)ccc1N1CCCCC1=O. The number of non-ortho nitro benzene ring substituents is 1. The largest absolute Gasteiger partial charge is 0.322 e. The Kier molecular flexibility index (Phi) is 4.97. The molecule has 0 saturated carbocycles. The number of amides is 2. The predicted molar refractivity (Wildman–Crippen MR) is 98.4 cm³/mol. The van der Waals surface area contributed by atoms with E-state index in [1.54, 1.807) is 11.0 Å². The number of piperidine rings is 1. The van der Waals surface area contributed by atoms with Gasteiger partial charge in [-0.2, -0.15) is 0 Å². The summed E-state index contributed by atoms with van der Waals surface area (Å²) in [5, 5.41) is 13.4. The van der Waals surface area contributed by atoms with E-state index in [0.29, 0.717) is 24.2 Å². The second-order valence-electron chi connectivity index (χ2n) is 6.26. The maximum Gasteiger partial charge on any atom is 0.269 e. The molecule has 1 aliphatic heterocycles. The zero-order valence-corrected chi connectivity index (χ0v) is 14.4. The number of aryl methyl sites for hydroxylation is 1. The van der Waals surface area contributed by atoms with Crippen molar-refractivity contribution in [2.75, 3.05) is 16.8 Å². The maximum atomic E-state index is 12.3. The van der Waals surface area contributed by atoms with Crippen molar-refractivity contribution in [3.05, 3.63) is 63.7 Å². The van der Waals surface area contributed by atoms with Gasteiger partial charge in [-0.1, -0.05) is 0 Å². The zero-order chi connectivity index (χ0) is 18.7. The van der Waals surface area contributed by atoms with Crippen LogP contribution in [0.2, 0.25) is 0 Å². The Labute approximate surface area is 150 Å². The molecule has 2 aromatic carbocycles. The Morgan fingerprint density at radius 2 is 1.88 bits per heavy atom. The molecule has 1 heterocycles. The van der Waals surface area contributed by atoms with Crippen molar-refractivity contribution in [2.45, 2.75) is 26.2 Å². The Balaban J connectivity index is 1.73. The van der Waals surface area contributed by atoms with Crippen molar-refractivity contribution in [1.82, 2.24) is 0 Å². The van der Waals surface area contributed by atoms with Crippen LogP contribution in [-0.4, -0.2) is 23.3 Å². The monoisotopic (exact) mass is 353 g/mol. The van der Waals surface area contributed by atoms with Crippen LogP contribution in [0.25, 0.3) is 0 Å². The van der Waals surface area contributed by atoms with Crippen molar-refractivity contribution in [1.29, 1.82) is 0 Å². The molecule has 3 rings (SSSR count). The molecule has 0 bridgehead atoms. The summed E-state index contributed by atoms with van der Waals surface area (Å²) in [7, 11) is 0. The Morgan fingerprint density at radius 1 is 1.15 bits per heavy atom. The van der Waals surface area contributed by atoms with E-state index in [9.17, 15) is 19.7 Å². The molecule has 0 aromatic heterocycles. The van der Waals surface area contributed by atoms with E-state index in [0.717, 1.165) is 24.1 Å². The lowest BCUT2D eigenvalue weighted by Gasteiger charge is -2.28. The number of benzene rings is 2. The summed E-state index contributed by atoms with van der Waals surface area (Å²) in [6.07, 6.45) is 2.49. The first kappa shape index (κ1) is 17.6. The van der Waals surface area contributed by atoms with Gasteiger partial charge < -0.3 is 10.2 Å². The lowest BCUT2D eigenvalue weighted by molar-refractivity contribution is -0.384. The van der Waals surface area contributed by atoms with E-state index in [-0.39, 0.29) is 17.5 Å². The average molecular weight is 353 g/mol. The minimum Gasteiger partial charge on any atom is -0.322 e. The number of hydrogen-bond acceptors (Lipinski definition) is 4. The smallest absolute Gasteiger partial charge is 0.269 e. The highest BCUT2D eigenvalue weighted by atomic mass is 16.6. The van der Waals surface area contributed by atoms with Crippen LogP contribution in [0.3, 0.4) is 0 Å². The van der Waals surface area contributed by atoms with Gasteiger partial charge in [0.25, 0.3) is 11.6 Å². The van der Waals surface area contributed by atoms with Crippen molar-refractivity contribution >= 4 is 28.9 Å². The molecule has 7 nitrogen and oxygen atoms in total. The number of anilines is 2. The first-order valence-corrected chi connectivity index (χ1v) is 8.42. The molecule has 1 saturated heterocycles. The van der Waals surface area contributed by atoms with Crippen molar-refractivity contribution in [2.24, 2.45) is 0 Å². The first-order valence-electron chi connectivity index (χ1n) is 8.42. The number of nitrogens with zero attached hydrogens (tertiary/aromatic N) is 2. The summed E-state index contributed by atoms with van der Waals surface area (Å²) in [4.78, 5) is 36.3.